The number of rotatable bonds is 2. The number of hydrogen-bond acceptors (Lipinski definition) is 4. The lowest BCUT2D eigenvalue weighted by molar-refractivity contribution is 0.0505. The summed E-state index contributed by atoms with van der Waals surface area (Å²) in [5.41, 5.74) is 1.77. The number of aliphatic hydroxyl groups is 1. The maximum absolute atomic E-state index is 10.4. The number of benzene rings is 1. The Hall–Kier alpha value is -2.07. The van der Waals surface area contributed by atoms with E-state index in [4.69, 9.17) is 4.74 Å². The highest BCUT2D eigenvalue weighted by Gasteiger charge is 2.29. The highest BCUT2D eigenvalue weighted by Crippen LogP contribution is 2.38. The number of aromatic hydroxyl groups is 1. The lowest BCUT2D eigenvalue weighted by atomic mass is 9.88. The Balaban J connectivity index is 1.83. The number of phenols is 1. The van der Waals surface area contributed by atoms with E-state index in [-0.39, 0.29) is 11.7 Å². The van der Waals surface area contributed by atoms with Gasteiger partial charge in [-0.25, -0.2) is 0 Å². The quantitative estimate of drug-likeness (QED) is 0.864. The molecule has 2 heterocycles. The van der Waals surface area contributed by atoms with Gasteiger partial charge in [-0.2, -0.15) is 0 Å². The molecule has 1 aromatic carbocycles. The third-order valence-electron chi connectivity index (χ3n) is 3.46. The summed E-state index contributed by atoms with van der Waals surface area (Å²) in [7, 11) is 0. The third kappa shape index (κ3) is 2.39. The van der Waals surface area contributed by atoms with Gasteiger partial charge in [0.2, 0.25) is 0 Å². The Bertz CT molecular complexity index is 571. The van der Waals surface area contributed by atoms with Gasteiger partial charge in [0.1, 0.15) is 11.5 Å². The first kappa shape index (κ1) is 12.0. The number of phenolic OH excluding ortho intramolecular Hbond substituents is 1. The zero-order valence-corrected chi connectivity index (χ0v) is 10.4. The summed E-state index contributed by atoms with van der Waals surface area (Å²) >= 11 is 0. The van der Waals surface area contributed by atoms with Crippen molar-refractivity contribution in [1.82, 2.24) is 4.98 Å². The van der Waals surface area contributed by atoms with Crippen LogP contribution in [-0.2, 0) is 6.42 Å². The monoisotopic (exact) mass is 257 g/mol. The second-order valence-corrected chi connectivity index (χ2v) is 4.80. The van der Waals surface area contributed by atoms with Crippen LogP contribution in [-0.4, -0.2) is 21.8 Å². The highest BCUT2D eigenvalue weighted by atomic mass is 16.5. The normalized spacial score (nSPS) is 21.5. The minimum atomic E-state index is -0.621. The Morgan fingerprint density at radius 2 is 2.00 bits per heavy atom. The number of nitrogens with zero attached hydrogens (tertiary/aromatic N) is 1. The molecule has 4 heteroatoms. The molecular formula is C15H15NO3. The van der Waals surface area contributed by atoms with E-state index in [2.05, 4.69) is 4.98 Å². The van der Waals surface area contributed by atoms with E-state index >= 15 is 0 Å². The number of aromatic nitrogens is 1. The Labute approximate surface area is 111 Å². The second-order valence-electron chi connectivity index (χ2n) is 4.80. The SMILES string of the molecule is Oc1ccc2c(c1)C(O)C(Cc1ccncc1)CO2. The molecule has 1 aromatic heterocycles. The van der Waals surface area contributed by atoms with Crippen molar-refractivity contribution in [2.24, 2.45) is 5.92 Å². The molecule has 2 unspecified atom stereocenters. The first-order valence-corrected chi connectivity index (χ1v) is 6.27. The van der Waals surface area contributed by atoms with Crippen molar-refractivity contribution in [2.75, 3.05) is 6.61 Å². The summed E-state index contributed by atoms with van der Waals surface area (Å²) in [6.45, 7) is 0.473. The predicted octanol–water partition coefficient (Wildman–Crippen LogP) is 2.07. The van der Waals surface area contributed by atoms with Gasteiger partial charge in [0.05, 0.1) is 12.7 Å². The van der Waals surface area contributed by atoms with Crippen LogP contribution in [0.3, 0.4) is 0 Å². The van der Waals surface area contributed by atoms with Crippen molar-refractivity contribution < 1.29 is 14.9 Å². The molecule has 2 atom stereocenters. The lowest BCUT2D eigenvalue weighted by Crippen LogP contribution is -2.27. The van der Waals surface area contributed by atoms with Gasteiger partial charge in [-0.3, -0.25) is 4.98 Å². The van der Waals surface area contributed by atoms with Gasteiger partial charge in [0, 0.05) is 23.9 Å². The molecule has 0 amide bonds. The van der Waals surface area contributed by atoms with E-state index in [0.29, 0.717) is 17.9 Å². The van der Waals surface area contributed by atoms with Crippen LogP contribution in [0.2, 0.25) is 0 Å². The molecule has 2 N–H and O–H groups in total. The molecule has 1 aliphatic rings. The van der Waals surface area contributed by atoms with Crippen LogP contribution in [0.5, 0.6) is 11.5 Å². The second kappa shape index (κ2) is 4.90. The molecule has 0 saturated carbocycles. The standard InChI is InChI=1S/C15H15NO3/c17-12-1-2-14-13(8-12)15(18)11(9-19-14)7-10-3-5-16-6-4-10/h1-6,8,11,15,17-18H,7,9H2. The molecule has 0 bridgehead atoms. The fourth-order valence-electron chi connectivity index (χ4n) is 2.43. The summed E-state index contributed by atoms with van der Waals surface area (Å²) in [5.74, 6) is 0.777. The van der Waals surface area contributed by atoms with E-state index in [1.807, 2.05) is 12.1 Å². The molecule has 3 rings (SSSR count). The maximum atomic E-state index is 10.4. The molecule has 0 aliphatic carbocycles. The van der Waals surface area contributed by atoms with Crippen LogP contribution in [0.25, 0.3) is 0 Å². The Morgan fingerprint density at radius 3 is 2.79 bits per heavy atom. The van der Waals surface area contributed by atoms with Crippen molar-refractivity contribution in [1.29, 1.82) is 0 Å². The van der Waals surface area contributed by atoms with Gasteiger partial charge in [-0.05, 0) is 42.3 Å². The van der Waals surface area contributed by atoms with Crippen LogP contribution in [0.15, 0.2) is 42.7 Å². The van der Waals surface area contributed by atoms with Gasteiger partial charge in [0.15, 0.2) is 0 Å². The molecule has 98 valence electrons. The molecule has 0 spiro atoms. The number of fused-ring (bicyclic) bond motifs is 1. The van der Waals surface area contributed by atoms with Crippen molar-refractivity contribution in [3.8, 4) is 11.5 Å². The van der Waals surface area contributed by atoms with Crippen molar-refractivity contribution >= 4 is 0 Å². The van der Waals surface area contributed by atoms with Crippen LogP contribution >= 0.6 is 0 Å². The molecule has 0 saturated heterocycles. The topological polar surface area (TPSA) is 62.6 Å². The highest BCUT2D eigenvalue weighted by molar-refractivity contribution is 5.42. The van der Waals surface area contributed by atoms with Crippen LogP contribution in [0, 0.1) is 5.92 Å². The summed E-state index contributed by atoms with van der Waals surface area (Å²) in [5, 5.41) is 19.9. The Morgan fingerprint density at radius 1 is 1.21 bits per heavy atom. The average molecular weight is 257 g/mol. The molecule has 19 heavy (non-hydrogen) atoms. The lowest BCUT2D eigenvalue weighted by Gasteiger charge is -2.30. The van der Waals surface area contributed by atoms with Gasteiger partial charge in [-0.1, -0.05) is 0 Å². The summed E-state index contributed by atoms with van der Waals surface area (Å²) in [6.07, 6.45) is 3.58. The third-order valence-corrected chi connectivity index (χ3v) is 3.46. The largest absolute Gasteiger partial charge is 0.508 e. The van der Waals surface area contributed by atoms with E-state index in [1.54, 1.807) is 30.6 Å². The van der Waals surface area contributed by atoms with Gasteiger partial charge in [-0.15, -0.1) is 0 Å². The zero-order valence-electron chi connectivity index (χ0n) is 10.4. The minimum absolute atomic E-state index is 0.0169. The first-order chi connectivity index (χ1) is 9.24. The summed E-state index contributed by atoms with van der Waals surface area (Å²) in [4.78, 5) is 3.98. The van der Waals surface area contributed by atoms with Gasteiger partial charge < -0.3 is 14.9 Å². The fourth-order valence-corrected chi connectivity index (χ4v) is 2.43. The number of aliphatic hydroxyl groups excluding tert-OH is 1. The summed E-state index contributed by atoms with van der Waals surface area (Å²) < 4.78 is 5.65. The van der Waals surface area contributed by atoms with E-state index in [1.165, 1.54) is 0 Å². The van der Waals surface area contributed by atoms with Crippen molar-refractivity contribution in [3.05, 3.63) is 53.9 Å². The fraction of sp³-hybridized carbons (Fsp3) is 0.267. The summed E-state index contributed by atoms with van der Waals surface area (Å²) in [6, 6.07) is 8.69. The molecule has 0 fully saturated rings. The van der Waals surface area contributed by atoms with Crippen LogP contribution in [0.1, 0.15) is 17.2 Å². The molecule has 0 radical (unpaired) electrons. The molecular weight excluding hydrogens is 242 g/mol. The van der Waals surface area contributed by atoms with E-state index < -0.39 is 6.10 Å². The van der Waals surface area contributed by atoms with Gasteiger partial charge in [0.25, 0.3) is 0 Å². The maximum Gasteiger partial charge on any atom is 0.125 e. The molecule has 1 aliphatic heterocycles. The van der Waals surface area contributed by atoms with E-state index in [0.717, 1.165) is 12.0 Å². The van der Waals surface area contributed by atoms with Crippen LogP contribution in [0.4, 0.5) is 0 Å². The number of pyridine rings is 1. The predicted molar refractivity (Wildman–Crippen MR) is 70.0 cm³/mol. The molecule has 4 nitrogen and oxygen atoms in total. The smallest absolute Gasteiger partial charge is 0.125 e. The van der Waals surface area contributed by atoms with Crippen molar-refractivity contribution in [2.45, 2.75) is 12.5 Å². The average Bonchev–Trinajstić information content (AvgIpc) is 2.44. The van der Waals surface area contributed by atoms with Gasteiger partial charge >= 0.3 is 0 Å². The van der Waals surface area contributed by atoms with Crippen LogP contribution < -0.4 is 4.74 Å². The zero-order chi connectivity index (χ0) is 13.2. The Kier molecular flexibility index (Phi) is 3.09. The number of hydrogen-bond donors (Lipinski definition) is 2. The van der Waals surface area contributed by atoms with Crippen molar-refractivity contribution in [3.63, 3.8) is 0 Å². The molecule has 2 aromatic rings. The first-order valence-electron chi connectivity index (χ1n) is 6.27. The minimum Gasteiger partial charge on any atom is -0.508 e. The van der Waals surface area contributed by atoms with E-state index in [9.17, 15) is 10.2 Å². The number of ether oxygens (including phenoxy) is 1.